The van der Waals surface area contributed by atoms with E-state index in [1.807, 2.05) is 0 Å². The Kier molecular flexibility index (Phi) is 9.47. The predicted molar refractivity (Wildman–Crippen MR) is 95.1 cm³/mol. The molecule has 7 heteroatoms. The Morgan fingerprint density at radius 2 is 2.13 bits per heavy atom. The van der Waals surface area contributed by atoms with Gasteiger partial charge in [-0.2, -0.15) is 0 Å². The summed E-state index contributed by atoms with van der Waals surface area (Å²) in [5, 5.41) is 9.61. The summed E-state index contributed by atoms with van der Waals surface area (Å²) in [6.07, 6.45) is 6.99. The SMILES string of the molecule is CCCC[C@H](CC)COCCCN=Cc1c(O)[nH]c(=S)[nH]c1=O. The van der Waals surface area contributed by atoms with Crippen LogP contribution in [0.3, 0.4) is 0 Å². The highest BCUT2D eigenvalue weighted by Gasteiger charge is 2.06. The van der Waals surface area contributed by atoms with Crippen molar-refractivity contribution < 1.29 is 9.84 Å². The number of unbranched alkanes of at least 4 members (excludes halogenated alkanes) is 1. The molecule has 0 saturated heterocycles. The van der Waals surface area contributed by atoms with Gasteiger partial charge in [-0.1, -0.05) is 33.1 Å². The number of nitrogens with zero attached hydrogens (tertiary/aromatic N) is 1. The first-order valence-corrected chi connectivity index (χ1v) is 8.62. The smallest absolute Gasteiger partial charge is 0.264 e. The van der Waals surface area contributed by atoms with Crippen LogP contribution in [0.1, 0.15) is 51.5 Å². The lowest BCUT2D eigenvalue weighted by atomic mass is 10.0. The minimum absolute atomic E-state index is 0.0881. The van der Waals surface area contributed by atoms with Crippen LogP contribution in [0.5, 0.6) is 5.88 Å². The number of hydrogen-bond acceptors (Lipinski definition) is 5. The van der Waals surface area contributed by atoms with Gasteiger partial charge in [0.05, 0.1) is 0 Å². The van der Waals surface area contributed by atoms with Crippen molar-refractivity contribution in [3.8, 4) is 5.88 Å². The van der Waals surface area contributed by atoms with Gasteiger partial charge in [-0.15, -0.1) is 0 Å². The molecule has 0 amide bonds. The molecule has 0 spiro atoms. The van der Waals surface area contributed by atoms with Crippen LogP contribution < -0.4 is 5.56 Å². The molecule has 0 aliphatic rings. The zero-order valence-corrected chi connectivity index (χ0v) is 14.7. The van der Waals surface area contributed by atoms with Gasteiger partial charge in [0.2, 0.25) is 5.88 Å². The molecule has 0 saturated carbocycles. The van der Waals surface area contributed by atoms with E-state index in [4.69, 9.17) is 17.0 Å². The molecule has 0 fully saturated rings. The fourth-order valence-corrected chi connectivity index (χ4v) is 2.36. The molecule has 1 aromatic heterocycles. The lowest BCUT2D eigenvalue weighted by Gasteiger charge is -2.14. The van der Waals surface area contributed by atoms with Crippen molar-refractivity contribution in [1.29, 1.82) is 0 Å². The van der Waals surface area contributed by atoms with Crippen LogP contribution >= 0.6 is 12.2 Å². The molecule has 1 heterocycles. The molecule has 0 radical (unpaired) electrons. The molecule has 1 rings (SSSR count). The second-order valence-electron chi connectivity index (χ2n) is 5.55. The van der Waals surface area contributed by atoms with Crippen molar-refractivity contribution in [2.24, 2.45) is 10.9 Å². The number of nitrogens with one attached hydrogen (secondary N) is 2. The largest absolute Gasteiger partial charge is 0.494 e. The van der Waals surface area contributed by atoms with Gasteiger partial charge >= 0.3 is 0 Å². The molecular formula is C16H27N3O3S. The fraction of sp³-hybridized carbons (Fsp3) is 0.688. The van der Waals surface area contributed by atoms with Gasteiger partial charge in [0.15, 0.2) is 4.77 Å². The topological polar surface area (TPSA) is 90.5 Å². The van der Waals surface area contributed by atoms with E-state index in [1.54, 1.807) is 0 Å². The van der Waals surface area contributed by atoms with Crippen molar-refractivity contribution in [3.63, 3.8) is 0 Å². The number of aromatic nitrogens is 2. The fourth-order valence-electron chi connectivity index (χ4n) is 2.17. The van der Waals surface area contributed by atoms with E-state index in [1.165, 1.54) is 25.5 Å². The summed E-state index contributed by atoms with van der Waals surface area (Å²) in [6.45, 7) is 6.40. The van der Waals surface area contributed by atoms with Crippen LogP contribution in [0.2, 0.25) is 0 Å². The molecule has 0 bridgehead atoms. The summed E-state index contributed by atoms with van der Waals surface area (Å²) >= 11 is 4.76. The van der Waals surface area contributed by atoms with E-state index in [2.05, 4.69) is 28.8 Å². The van der Waals surface area contributed by atoms with Gasteiger partial charge in [0.1, 0.15) is 5.56 Å². The minimum Gasteiger partial charge on any atom is -0.494 e. The molecule has 0 unspecified atom stereocenters. The first kappa shape index (κ1) is 19.6. The average molecular weight is 341 g/mol. The highest BCUT2D eigenvalue weighted by Crippen LogP contribution is 2.12. The van der Waals surface area contributed by atoms with Gasteiger partial charge < -0.3 is 14.8 Å². The van der Waals surface area contributed by atoms with Crippen molar-refractivity contribution in [2.75, 3.05) is 19.8 Å². The number of hydrogen-bond donors (Lipinski definition) is 3. The van der Waals surface area contributed by atoms with Crippen LogP contribution in [0.25, 0.3) is 0 Å². The summed E-state index contributed by atoms with van der Waals surface area (Å²) in [5.41, 5.74) is -0.363. The lowest BCUT2D eigenvalue weighted by molar-refractivity contribution is 0.0933. The van der Waals surface area contributed by atoms with E-state index in [0.717, 1.165) is 19.4 Å². The maximum absolute atomic E-state index is 11.6. The first-order chi connectivity index (χ1) is 11.1. The van der Waals surface area contributed by atoms with Crippen molar-refractivity contribution >= 4 is 18.4 Å². The Labute approximate surface area is 142 Å². The Bertz CT molecular complexity index is 595. The molecule has 6 nitrogen and oxygen atoms in total. The Morgan fingerprint density at radius 3 is 2.78 bits per heavy atom. The Balaban J connectivity index is 2.27. The zero-order valence-electron chi connectivity index (χ0n) is 13.9. The summed E-state index contributed by atoms with van der Waals surface area (Å²) in [4.78, 5) is 20.6. The molecule has 0 aliphatic heterocycles. The third-order valence-corrected chi connectivity index (χ3v) is 3.86. The van der Waals surface area contributed by atoms with E-state index >= 15 is 0 Å². The molecule has 23 heavy (non-hydrogen) atoms. The molecule has 1 aromatic rings. The van der Waals surface area contributed by atoms with Crippen molar-refractivity contribution in [1.82, 2.24) is 9.97 Å². The Hall–Kier alpha value is -1.47. The second-order valence-corrected chi connectivity index (χ2v) is 5.96. The standard InChI is InChI=1S/C16H27N3O3S/c1-3-5-7-12(4-2)11-22-9-6-8-17-10-13-14(20)18-16(23)19-15(13)21/h10,12H,3-9,11H2,1-2H3,(H3,18,19,20,21,23)/t12-/m0/s1. The van der Waals surface area contributed by atoms with E-state index < -0.39 is 5.56 Å². The molecule has 0 aliphatic carbocycles. The molecular weight excluding hydrogens is 314 g/mol. The number of ether oxygens (including phenoxy) is 1. The Morgan fingerprint density at radius 1 is 1.35 bits per heavy atom. The number of rotatable bonds is 11. The highest BCUT2D eigenvalue weighted by molar-refractivity contribution is 7.71. The summed E-state index contributed by atoms with van der Waals surface area (Å²) < 4.78 is 5.78. The van der Waals surface area contributed by atoms with Crippen LogP contribution in [-0.4, -0.2) is 41.0 Å². The molecule has 130 valence electrons. The predicted octanol–water partition coefficient (Wildman–Crippen LogP) is 3.18. The lowest BCUT2D eigenvalue weighted by Crippen LogP contribution is -2.13. The summed E-state index contributed by atoms with van der Waals surface area (Å²) in [7, 11) is 0. The number of aliphatic imine (C=N–C) groups is 1. The highest BCUT2D eigenvalue weighted by atomic mass is 32.1. The van der Waals surface area contributed by atoms with Gasteiger partial charge in [-0.3, -0.25) is 14.8 Å². The van der Waals surface area contributed by atoms with Crippen LogP contribution in [0.15, 0.2) is 9.79 Å². The number of H-pyrrole nitrogens is 2. The second kappa shape index (κ2) is 11.1. The van der Waals surface area contributed by atoms with E-state index in [9.17, 15) is 9.90 Å². The summed E-state index contributed by atoms with van der Waals surface area (Å²) in [6, 6.07) is 0. The third-order valence-electron chi connectivity index (χ3n) is 3.65. The monoisotopic (exact) mass is 341 g/mol. The third kappa shape index (κ3) is 7.56. The van der Waals surface area contributed by atoms with Crippen LogP contribution in [0.4, 0.5) is 0 Å². The maximum Gasteiger partial charge on any atom is 0.264 e. The minimum atomic E-state index is -0.451. The van der Waals surface area contributed by atoms with Crippen molar-refractivity contribution in [3.05, 3.63) is 20.7 Å². The maximum atomic E-state index is 11.6. The van der Waals surface area contributed by atoms with Gasteiger partial charge in [-0.05, 0) is 31.0 Å². The molecule has 1 atom stereocenters. The van der Waals surface area contributed by atoms with E-state index in [0.29, 0.717) is 19.1 Å². The average Bonchev–Trinajstić information content (AvgIpc) is 2.51. The number of aromatic hydroxyl groups is 1. The van der Waals surface area contributed by atoms with Crippen LogP contribution in [-0.2, 0) is 4.74 Å². The van der Waals surface area contributed by atoms with Crippen molar-refractivity contribution in [2.45, 2.75) is 46.0 Å². The quantitative estimate of drug-likeness (QED) is 0.327. The normalized spacial score (nSPS) is 12.8. The molecule has 3 N–H and O–H groups in total. The van der Waals surface area contributed by atoms with Gasteiger partial charge in [-0.25, -0.2) is 0 Å². The summed E-state index contributed by atoms with van der Waals surface area (Å²) in [5.74, 6) is 0.377. The van der Waals surface area contributed by atoms with Gasteiger partial charge in [0, 0.05) is 26.0 Å². The van der Waals surface area contributed by atoms with Crippen LogP contribution in [0, 0.1) is 10.7 Å². The number of aromatic amines is 2. The zero-order chi connectivity index (χ0) is 17.1. The molecule has 0 aromatic carbocycles. The van der Waals surface area contributed by atoms with E-state index in [-0.39, 0.29) is 16.2 Å². The first-order valence-electron chi connectivity index (χ1n) is 8.21. The van der Waals surface area contributed by atoms with Gasteiger partial charge in [0.25, 0.3) is 5.56 Å².